The van der Waals surface area contributed by atoms with Crippen molar-refractivity contribution in [3.8, 4) is 11.3 Å². The highest BCUT2D eigenvalue weighted by atomic mass is 16.5. The third-order valence-corrected chi connectivity index (χ3v) is 4.62. The highest BCUT2D eigenvalue weighted by Crippen LogP contribution is 2.28. The molecule has 3 heterocycles. The van der Waals surface area contributed by atoms with Gasteiger partial charge in [0.15, 0.2) is 0 Å². The molecule has 23 heavy (non-hydrogen) atoms. The molecule has 1 aliphatic heterocycles. The molecule has 3 rings (SSSR count). The van der Waals surface area contributed by atoms with E-state index in [1.54, 1.807) is 30.1 Å². The summed E-state index contributed by atoms with van der Waals surface area (Å²) >= 11 is 0. The molecule has 0 amide bonds. The van der Waals surface area contributed by atoms with Crippen LogP contribution in [0.5, 0.6) is 0 Å². The monoisotopic (exact) mass is 314 g/mol. The van der Waals surface area contributed by atoms with Gasteiger partial charge in [-0.15, -0.1) is 0 Å². The van der Waals surface area contributed by atoms with Crippen LogP contribution in [0.15, 0.2) is 35.4 Å². The molecule has 1 atom stereocenters. The molecule has 1 fully saturated rings. The number of aromatic nitrogens is 3. The van der Waals surface area contributed by atoms with Crippen LogP contribution < -0.4 is 10.5 Å². The third-order valence-electron chi connectivity index (χ3n) is 4.62. The molecule has 1 saturated heterocycles. The Morgan fingerprint density at radius 3 is 2.70 bits per heavy atom. The maximum absolute atomic E-state index is 12.4. The summed E-state index contributed by atoms with van der Waals surface area (Å²) in [6, 6.07) is 5.40. The van der Waals surface area contributed by atoms with Crippen molar-refractivity contribution in [3.63, 3.8) is 0 Å². The summed E-state index contributed by atoms with van der Waals surface area (Å²) in [5.74, 6) is 0.674. The molecule has 2 aromatic heterocycles. The van der Waals surface area contributed by atoms with Gasteiger partial charge in [0.05, 0.1) is 23.9 Å². The molecular weight excluding hydrogens is 292 g/mol. The zero-order valence-corrected chi connectivity index (χ0v) is 14.0. The van der Waals surface area contributed by atoms with E-state index in [4.69, 9.17) is 9.72 Å². The lowest BCUT2D eigenvalue weighted by Gasteiger charge is -2.45. The first kappa shape index (κ1) is 15.7. The molecule has 0 spiro atoms. The van der Waals surface area contributed by atoms with Crippen molar-refractivity contribution in [2.75, 3.05) is 18.1 Å². The van der Waals surface area contributed by atoms with E-state index in [-0.39, 0.29) is 17.2 Å². The maximum atomic E-state index is 12.4. The van der Waals surface area contributed by atoms with Gasteiger partial charge < -0.3 is 9.64 Å². The van der Waals surface area contributed by atoms with Gasteiger partial charge in [-0.05, 0) is 32.9 Å². The second-order valence-electron chi connectivity index (χ2n) is 6.40. The smallest absolute Gasteiger partial charge is 0.255 e. The summed E-state index contributed by atoms with van der Waals surface area (Å²) in [6.07, 6.45) is 3.41. The first-order valence-corrected chi connectivity index (χ1v) is 7.79. The lowest BCUT2D eigenvalue weighted by molar-refractivity contribution is -0.0536. The van der Waals surface area contributed by atoms with Crippen molar-refractivity contribution in [2.24, 2.45) is 7.05 Å². The molecule has 2 aromatic rings. The van der Waals surface area contributed by atoms with Gasteiger partial charge in [0.2, 0.25) is 5.95 Å². The summed E-state index contributed by atoms with van der Waals surface area (Å²) in [4.78, 5) is 23.3. The fourth-order valence-corrected chi connectivity index (χ4v) is 2.82. The van der Waals surface area contributed by atoms with Gasteiger partial charge in [0.25, 0.3) is 5.56 Å². The second kappa shape index (κ2) is 5.77. The molecule has 6 heteroatoms. The first-order chi connectivity index (χ1) is 10.9. The first-order valence-electron chi connectivity index (χ1n) is 7.79. The van der Waals surface area contributed by atoms with E-state index in [1.807, 2.05) is 12.1 Å². The maximum Gasteiger partial charge on any atom is 0.255 e. The van der Waals surface area contributed by atoms with Gasteiger partial charge in [0.1, 0.15) is 0 Å². The Balaban J connectivity index is 2.09. The average Bonchev–Trinajstić information content (AvgIpc) is 2.54. The van der Waals surface area contributed by atoms with E-state index >= 15 is 0 Å². The standard InChI is InChI=1S/C17H22N4O2/c1-12-17(2,3)23-10-9-21(12)16-19-14(11-15(22)20(16)4)13-5-7-18-8-6-13/h5-8,11-12H,9-10H2,1-4H3. The number of morpholine rings is 1. The van der Waals surface area contributed by atoms with Crippen LogP contribution in [-0.2, 0) is 11.8 Å². The van der Waals surface area contributed by atoms with Crippen molar-refractivity contribution in [3.05, 3.63) is 40.9 Å². The fraction of sp³-hybridized carbons (Fsp3) is 0.471. The molecule has 0 N–H and O–H groups in total. The van der Waals surface area contributed by atoms with Crippen LogP contribution >= 0.6 is 0 Å². The average molecular weight is 314 g/mol. The Bertz CT molecular complexity index is 755. The molecule has 122 valence electrons. The van der Waals surface area contributed by atoms with Crippen LogP contribution in [-0.4, -0.2) is 39.3 Å². The molecule has 0 bridgehead atoms. The van der Waals surface area contributed by atoms with Gasteiger partial charge in [-0.1, -0.05) is 0 Å². The fourth-order valence-electron chi connectivity index (χ4n) is 2.82. The molecule has 0 saturated carbocycles. The highest BCUT2D eigenvalue weighted by Gasteiger charge is 2.37. The summed E-state index contributed by atoms with van der Waals surface area (Å²) in [5, 5.41) is 0. The van der Waals surface area contributed by atoms with Crippen LogP contribution in [0.2, 0.25) is 0 Å². The SMILES string of the molecule is CC1N(c2nc(-c3ccncc3)cc(=O)n2C)CCOC1(C)C. The van der Waals surface area contributed by atoms with Gasteiger partial charge in [-0.3, -0.25) is 14.3 Å². The van der Waals surface area contributed by atoms with Crippen LogP contribution in [0.25, 0.3) is 11.3 Å². The summed E-state index contributed by atoms with van der Waals surface area (Å²) < 4.78 is 7.45. The highest BCUT2D eigenvalue weighted by molar-refractivity contribution is 5.59. The molecule has 1 unspecified atom stereocenters. The van der Waals surface area contributed by atoms with E-state index in [0.29, 0.717) is 24.8 Å². The number of hydrogen-bond donors (Lipinski definition) is 0. The second-order valence-corrected chi connectivity index (χ2v) is 6.40. The summed E-state index contributed by atoms with van der Waals surface area (Å²) in [7, 11) is 1.76. The van der Waals surface area contributed by atoms with E-state index in [0.717, 1.165) is 5.56 Å². The minimum absolute atomic E-state index is 0.0710. The minimum Gasteiger partial charge on any atom is -0.372 e. The van der Waals surface area contributed by atoms with Crippen LogP contribution in [0, 0.1) is 0 Å². The lowest BCUT2D eigenvalue weighted by Crippen LogP contribution is -2.56. The van der Waals surface area contributed by atoms with E-state index in [1.165, 1.54) is 0 Å². The van der Waals surface area contributed by atoms with Gasteiger partial charge in [-0.25, -0.2) is 4.98 Å². The van der Waals surface area contributed by atoms with Gasteiger partial charge in [-0.2, -0.15) is 0 Å². The van der Waals surface area contributed by atoms with Crippen LogP contribution in [0.3, 0.4) is 0 Å². The number of nitrogens with zero attached hydrogens (tertiary/aromatic N) is 4. The normalized spacial score (nSPS) is 20.5. The number of anilines is 1. The Labute approximate surface area is 135 Å². The predicted octanol–water partition coefficient (Wildman–Crippen LogP) is 1.85. The van der Waals surface area contributed by atoms with Crippen LogP contribution in [0.1, 0.15) is 20.8 Å². The van der Waals surface area contributed by atoms with Crippen molar-refractivity contribution < 1.29 is 4.74 Å². The zero-order chi connectivity index (χ0) is 16.6. The van der Waals surface area contributed by atoms with Crippen molar-refractivity contribution in [1.29, 1.82) is 0 Å². The molecule has 1 aliphatic rings. The molecule has 0 aliphatic carbocycles. The number of pyridine rings is 1. The number of ether oxygens (including phenoxy) is 1. The molecular formula is C17H22N4O2. The number of hydrogen-bond acceptors (Lipinski definition) is 5. The number of rotatable bonds is 2. The third kappa shape index (κ3) is 2.86. The van der Waals surface area contributed by atoms with E-state index in [2.05, 4.69) is 30.7 Å². The van der Waals surface area contributed by atoms with Crippen molar-refractivity contribution in [2.45, 2.75) is 32.4 Å². The summed E-state index contributed by atoms with van der Waals surface area (Å²) in [6.45, 7) is 7.56. The Kier molecular flexibility index (Phi) is 3.93. The van der Waals surface area contributed by atoms with E-state index < -0.39 is 0 Å². The Hall–Kier alpha value is -2.21. The minimum atomic E-state index is -0.289. The van der Waals surface area contributed by atoms with Crippen molar-refractivity contribution >= 4 is 5.95 Å². The molecule has 0 radical (unpaired) electrons. The lowest BCUT2D eigenvalue weighted by atomic mass is 9.97. The van der Waals surface area contributed by atoms with Crippen LogP contribution in [0.4, 0.5) is 5.95 Å². The predicted molar refractivity (Wildman–Crippen MR) is 89.5 cm³/mol. The van der Waals surface area contributed by atoms with Crippen molar-refractivity contribution in [1.82, 2.24) is 14.5 Å². The molecule has 6 nitrogen and oxygen atoms in total. The quantitative estimate of drug-likeness (QED) is 0.846. The van der Waals surface area contributed by atoms with Gasteiger partial charge >= 0.3 is 0 Å². The molecule has 0 aromatic carbocycles. The largest absolute Gasteiger partial charge is 0.372 e. The topological polar surface area (TPSA) is 60.2 Å². The van der Waals surface area contributed by atoms with E-state index in [9.17, 15) is 4.79 Å². The Morgan fingerprint density at radius 1 is 1.30 bits per heavy atom. The Morgan fingerprint density at radius 2 is 2.00 bits per heavy atom. The van der Waals surface area contributed by atoms with Gasteiger partial charge in [0, 0.05) is 37.6 Å². The summed E-state index contributed by atoms with van der Waals surface area (Å²) in [5.41, 5.74) is 1.20. The zero-order valence-electron chi connectivity index (χ0n) is 14.0.